The molecule has 1 aliphatic rings. The molecule has 30 heavy (non-hydrogen) atoms. The molecule has 2 aromatic rings. The van der Waals surface area contributed by atoms with Crippen LogP contribution in [0.15, 0.2) is 59.5 Å². The number of carbonyl (C=O) groups is 1. The van der Waals surface area contributed by atoms with Crippen LogP contribution >= 0.6 is 0 Å². The molecule has 0 unspecified atom stereocenters. The summed E-state index contributed by atoms with van der Waals surface area (Å²) in [6.45, 7) is 3.26. The van der Waals surface area contributed by atoms with Crippen molar-refractivity contribution in [1.82, 2.24) is 9.62 Å². The molecule has 0 spiro atoms. The lowest BCUT2D eigenvalue weighted by molar-refractivity contribution is -0.139. The smallest absolute Gasteiger partial charge is 0.368 e. The van der Waals surface area contributed by atoms with Gasteiger partial charge in [-0.25, -0.2) is 8.42 Å². The molecule has 2 aromatic carbocycles. The van der Waals surface area contributed by atoms with Crippen LogP contribution in [0.1, 0.15) is 12.5 Å². The van der Waals surface area contributed by atoms with E-state index in [1.54, 1.807) is 0 Å². The number of amides is 1. The Morgan fingerprint density at radius 1 is 0.967 bits per heavy atom. The highest BCUT2D eigenvalue weighted by molar-refractivity contribution is 7.89. The van der Waals surface area contributed by atoms with Gasteiger partial charge in [-0.15, -0.1) is 0 Å². The predicted molar refractivity (Wildman–Crippen MR) is 106 cm³/mol. The largest absolute Gasteiger partial charge is 0.417 e. The molecule has 1 atom stereocenters. The van der Waals surface area contributed by atoms with Gasteiger partial charge in [0.15, 0.2) is 0 Å². The van der Waals surface area contributed by atoms with Crippen LogP contribution in [0.5, 0.6) is 0 Å². The van der Waals surface area contributed by atoms with Crippen molar-refractivity contribution in [2.45, 2.75) is 24.0 Å². The molecule has 0 saturated carbocycles. The van der Waals surface area contributed by atoms with Gasteiger partial charge in [0.05, 0.1) is 16.5 Å². The lowest BCUT2D eigenvalue weighted by Gasteiger charge is -2.37. The Morgan fingerprint density at radius 3 is 2.13 bits per heavy atom. The van der Waals surface area contributed by atoms with Crippen molar-refractivity contribution in [3.05, 3.63) is 60.2 Å². The molecule has 1 saturated heterocycles. The molecular weight excluding hydrogens is 419 g/mol. The number of hydrogen-bond acceptors (Lipinski definition) is 4. The minimum absolute atomic E-state index is 0.388. The maximum atomic E-state index is 13.2. The van der Waals surface area contributed by atoms with E-state index >= 15 is 0 Å². The molecule has 1 N–H and O–H groups in total. The summed E-state index contributed by atoms with van der Waals surface area (Å²) in [5.41, 5.74) is -0.240. The minimum Gasteiger partial charge on any atom is -0.368 e. The summed E-state index contributed by atoms with van der Waals surface area (Å²) in [4.78, 5) is 15.4. The van der Waals surface area contributed by atoms with Crippen molar-refractivity contribution in [3.8, 4) is 0 Å². The summed E-state index contributed by atoms with van der Waals surface area (Å²) in [5, 5.41) is 0. The summed E-state index contributed by atoms with van der Waals surface area (Å²) in [6, 6.07) is 12.4. The average molecular weight is 441 g/mol. The number of carbonyl (C=O) groups excluding carboxylic acids is 1. The number of benzene rings is 2. The van der Waals surface area contributed by atoms with Crippen molar-refractivity contribution < 1.29 is 26.4 Å². The van der Waals surface area contributed by atoms with Gasteiger partial charge in [0.25, 0.3) is 0 Å². The van der Waals surface area contributed by atoms with E-state index < -0.39 is 38.6 Å². The maximum Gasteiger partial charge on any atom is 0.417 e. The second-order valence-corrected chi connectivity index (χ2v) is 8.67. The molecule has 0 bridgehead atoms. The van der Waals surface area contributed by atoms with E-state index in [1.807, 2.05) is 30.3 Å². The lowest BCUT2D eigenvalue weighted by atomic mass is 10.2. The minimum atomic E-state index is -4.83. The number of sulfonamides is 1. The first-order valence-electron chi connectivity index (χ1n) is 9.37. The van der Waals surface area contributed by atoms with Gasteiger partial charge in [-0.3, -0.25) is 4.79 Å². The SMILES string of the molecule is C[C@H](NS(=O)(=O)c1ccccc1C(F)(F)F)C(=O)N1CCN(c2ccccc2)CC1. The fourth-order valence-corrected chi connectivity index (χ4v) is 4.80. The highest BCUT2D eigenvalue weighted by atomic mass is 32.2. The number of anilines is 1. The van der Waals surface area contributed by atoms with Crippen LogP contribution in [-0.4, -0.2) is 51.4 Å². The first-order chi connectivity index (χ1) is 14.1. The Hall–Kier alpha value is -2.59. The number of piperazine rings is 1. The van der Waals surface area contributed by atoms with Crippen molar-refractivity contribution in [2.75, 3.05) is 31.1 Å². The molecule has 1 amide bonds. The molecule has 10 heteroatoms. The van der Waals surface area contributed by atoms with E-state index in [0.717, 1.165) is 17.8 Å². The molecule has 0 radical (unpaired) electrons. The number of alkyl halides is 3. The number of rotatable bonds is 5. The molecule has 1 aliphatic heterocycles. The number of para-hydroxylation sites is 1. The molecule has 1 fully saturated rings. The van der Waals surface area contributed by atoms with Crippen LogP contribution in [0.25, 0.3) is 0 Å². The summed E-state index contributed by atoms with van der Waals surface area (Å²) < 4.78 is 66.7. The number of nitrogens with one attached hydrogen (secondary N) is 1. The maximum absolute atomic E-state index is 13.2. The molecule has 0 aromatic heterocycles. The average Bonchev–Trinajstić information content (AvgIpc) is 2.73. The van der Waals surface area contributed by atoms with E-state index in [4.69, 9.17) is 0 Å². The number of hydrogen-bond donors (Lipinski definition) is 1. The third kappa shape index (κ3) is 4.93. The predicted octanol–water partition coefficient (Wildman–Crippen LogP) is 2.72. The Labute approximate surface area is 173 Å². The van der Waals surface area contributed by atoms with Gasteiger partial charge in [0.2, 0.25) is 15.9 Å². The highest BCUT2D eigenvalue weighted by Gasteiger charge is 2.38. The van der Waals surface area contributed by atoms with Crippen molar-refractivity contribution in [1.29, 1.82) is 0 Å². The third-order valence-electron chi connectivity index (χ3n) is 4.90. The quantitative estimate of drug-likeness (QED) is 0.775. The van der Waals surface area contributed by atoms with Crippen LogP contribution < -0.4 is 9.62 Å². The zero-order chi connectivity index (χ0) is 21.9. The number of nitrogens with zero attached hydrogens (tertiary/aromatic N) is 2. The van der Waals surface area contributed by atoms with Crippen LogP contribution in [-0.2, 0) is 21.0 Å². The standard InChI is InChI=1S/C20H22F3N3O3S/c1-15(24-30(28,29)18-10-6-5-9-17(18)20(21,22)23)19(27)26-13-11-25(12-14-26)16-7-3-2-4-8-16/h2-10,15,24H,11-14H2,1H3/t15-/m0/s1. The lowest BCUT2D eigenvalue weighted by Crippen LogP contribution is -2.54. The molecule has 3 rings (SSSR count). The van der Waals surface area contributed by atoms with Gasteiger partial charge < -0.3 is 9.80 Å². The first kappa shape index (κ1) is 22.1. The van der Waals surface area contributed by atoms with Gasteiger partial charge in [-0.2, -0.15) is 17.9 Å². The summed E-state index contributed by atoms with van der Waals surface area (Å²) in [6.07, 6.45) is -4.83. The second kappa shape index (κ2) is 8.65. The van der Waals surface area contributed by atoms with Crippen LogP contribution in [0.3, 0.4) is 0 Å². The Balaban J connectivity index is 1.66. The van der Waals surface area contributed by atoms with Gasteiger partial charge in [0, 0.05) is 31.9 Å². The van der Waals surface area contributed by atoms with Crippen molar-refractivity contribution in [2.24, 2.45) is 0 Å². The zero-order valence-corrected chi connectivity index (χ0v) is 17.1. The van der Waals surface area contributed by atoms with Gasteiger partial charge >= 0.3 is 6.18 Å². The first-order valence-corrected chi connectivity index (χ1v) is 10.9. The third-order valence-corrected chi connectivity index (χ3v) is 6.50. The topological polar surface area (TPSA) is 69.7 Å². The van der Waals surface area contributed by atoms with E-state index in [2.05, 4.69) is 9.62 Å². The van der Waals surface area contributed by atoms with Crippen molar-refractivity contribution in [3.63, 3.8) is 0 Å². The molecule has 0 aliphatic carbocycles. The van der Waals surface area contributed by atoms with E-state index in [9.17, 15) is 26.4 Å². The van der Waals surface area contributed by atoms with E-state index in [1.165, 1.54) is 17.9 Å². The normalized spacial score (nSPS) is 16.4. The molecular formula is C20H22F3N3O3S. The zero-order valence-electron chi connectivity index (χ0n) is 16.3. The fourth-order valence-electron chi connectivity index (χ4n) is 3.38. The van der Waals surface area contributed by atoms with Gasteiger partial charge in [0.1, 0.15) is 0 Å². The number of halogens is 3. The highest BCUT2D eigenvalue weighted by Crippen LogP contribution is 2.34. The summed E-state index contributed by atoms with van der Waals surface area (Å²) in [5.74, 6) is -0.476. The second-order valence-electron chi connectivity index (χ2n) is 6.98. The van der Waals surface area contributed by atoms with Crippen LogP contribution in [0, 0.1) is 0 Å². The molecule has 6 nitrogen and oxygen atoms in total. The summed E-state index contributed by atoms with van der Waals surface area (Å²) >= 11 is 0. The monoisotopic (exact) mass is 441 g/mol. The van der Waals surface area contributed by atoms with E-state index in [0.29, 0.717) is 32.2 Å². The van der Waals surface area contributed by atoms with Gasteiger partial charge in [-0.1, -0.05) is 30.3 Å². The molecule has 162 valence electrons. The Bertz CT molecular complexity index is 989. The van der Waals surface area contributed by atoms with Crippen LogP contribution in [0.4, 0.5) is 18.9 Å². The van der Waals surface area contributed by atoms with Gasteiger partial charge in [-0.05, 0) is 31.2 Å². The Morgan fingerprint density at radius 2 is 1.53 bits per heavy atom. The van der Waals surface area contributed by atoms with Crippen LogP contribution in [0.2, 0.25) is 0 Å². The fraction of sp³-hybridized carbons (Fsp3) is 0.350. The Kier molecular flexibility index (Phi) is 6.37. The molecule has 1 heterocycles. The van der Waals surface area contributed by atoms with Crippen molar-refractivity contribution >= 4 is 21.6 Å². The van der Waals surface area contributed by atoms with E-state index in [-0.39, 0.29) is 0 Å². The summed E-state index contributed by atoms with van der Waals surface area (Å²) in [7, 11) is -4.54.